The van der Waals surface area contributed by atoms with Gasteiger partial charge in [-0.25, -0.2) is 4.79 Å². The highest BCUT2D eigenvalue weighted by Gasteiger charge is 2.30. The van der Waals surface area contributed by atoms with Gasteiger partial charge < -0.3 is 19.8 Å². The lowest BCUT2D eigenvalue weighted by Crippen LogP contribution is -2.48. The SMILES string of the molecule is COc1ccc(N(CCO)C(=O)N2CCC(C(=O)c3ccc(O)cc3)CC2)cc1. The second kappa shape index (κ2) is 9.43. The van der Waals surface area contributed by atoms with E-state index < -0.39 is 0 Å². The number of benzene rings is 2. The molecular formula is C22H26N2O5. The number of amides is 2. The summed E-state index contributed by atoms with van der Waals surface area (Å²) in [5.41, 5.74) is 1.26. The Morgan fingerprint density at radius 3 is 2.24 bits per heavy atom. The molecule has 7 heteroatoms. The van der Waals surface area contributed by atoms with E-state index in [1.165, 1.54) is 12.1 Å². The summed E-state index contributed by atoms with van der Waals surface area (Å²) < 4.78 is 5.15. The van der Waals surface area contributed by atoms with E-state index in [1.807, 2.05) is 0 Å². The fourth-order valence-corrected chi connectivity index (χ4v) is 3.56. The number of likely N-dealkylation sites (tertiary alicyclic amines) is 1. The van der Waals surface area contributed by atoms with Gasteiger partial charge in [0.15, 0.2) is 5.78 Å². The third kappa shape index (κ3) is 4.86. The number of phenols is 1. The van der Waals surface area contributed by atoms with E-state index >= 15 is 0 Å². The van der Waals surface area contributed by atoms with Gasteiger partial charge in [0.05, 0.1) is 20.3 Å². The molecule has 0 aromatic heterocycles. The van der Waals surface area contributed by atoms with Gasteiger partial charge in [0, 0.05) is 30.3 Å². The number of carbonyl (C=O) groups is 2. The summed E-state index contributed by atoms with van der Waals surface area (Å²) >= 11 is 0. The van der Waals surface area contributed by atoms with Crippen molar-refractivity contribution in [2.45, 2.75) is 12.8 Å². The zero-order chi connectivity index (χ0) is 20.8. The summed E-state index contributed by atoms with van der Waals surface area (Å²) in [6.07, 6.45) is 1.17. The molecule has 0 unspecified atom stereocenters. The largest absolute Gasteiger partial charge is 0.508 e. The highest BCUT2D eigenvalue weighted by atomic mass is 16.5. The number of phenolic OH excluding ortho intramolecular Hbond substituents is 1. The van der Waals surface area contributed by atoms with Gasteiger partial charge in [-0.3, -0.25) is 9.69 Å². The van der Waals surface area contributed by atoms with Crippen LogP contribution in [-0.2, 0) is 0 Å². The van der Waals surface area contributed by atoms with Crippen molar-refractivity contribution >= 4 is 17.5 Å². The van der Waals surface area contributed by atoms with Gasteiger partial charge in [0.2, 0.25) is 0 Å². The maximum atomic E-state index is 13.0. The van der Waals surface area contributed by atoms with Crippen LogP contribution >= 0.6 is 0 Å². The number of aliphatic hydroxyl groups is 1. The Labute approximate surface area is 170 Å². The molecule has 1 heterocycles. The minimum absolute atomic E-state index is 0.0412. The first-order valence-electron chi connectivity index (χ1n) is 9.68. The third-order valence-corrected chi connectivity index (χ3v) is 5.23. The van der Waals surface area contributed by atoms with Crippen molar-refractivity contribution < 1.29 is 24.5 Å². The molecule has 2 aromatic rings. The second-order valence-corrected chi connectivity index (χ2v) is 7.03. The molecule has 0 atom stereocenters. The summed E-state index contributed by atoms with van der Waals surface area (Å²) in [6, 6.07) is 13.2. The molecule has 2 amide bonds. The molecule has 1 fully saturated rings. The monoisotopic (exact) mass is 398 g/mol. The van der Waals surface area contributed by atoms with Gasteiger partial charge in [0.25, 0.3) is 0 Å². The van der Waals surface area contributed by atoms with E-state index in [1.54, 1.807) is 53.3 Å². The van der Waals surface area contributed by atoms with E-state index in [-0.39, 0.29) is 36.6 Å². The quantitative estimate of drug-likeness (QED) is 0.730. The van der Waals surface area contributed by atoms with Crippen molar-refractivity contribution in [1.29, 1.82) is 0 Å². The standard InChI is InChI=1S/C22H26N2O5/c1-29-20-8-4-18(5-9-20)24(14-15-25)22(28)23-12-10-17(11-13-23)21(27)16-2-6-19(26)7-3-16/h2-9,17,25-26H,10-15H2,1H3. The number of nitrogens with zero attached hydrogens (tertiary/aromatic N) is 2. The Hall–Kier alpha value is -3.06. The van der Waals surface area contributed by atoms with Crippen LogP contribution in [0.5, 0.6) is 11.5 Å². The number of methoxy groups -OCH3 is 1. The average Bonchev–Trinajstić information content (AvgIpc) is 2.77. The number of ketones is 1. The molecule has 0 radical (unpaired) electrons. The Balaban J connectivity index is 1.64. The van der Waals surface area contributed by atoms with Crippen LogP contribution in [0.4, 0.5) is 10.5 Å². The topological polar surface area (TPSA) is 90.3 Å². The highest BCUT2D eigenvalue weighted by Crippen LogP contribution is 2.25. The Morgan fingerprint density at radius 2 is 1.69 bits per heavy atom. The van der Waals surface area contributed by atoms with Crippen molar-refractivity contribution in [2.75, 3.05) is 38.3 Å². The average molecular weight is 398 g/mol. The third-order valence-electron chi connectivity index (χ3n) is 5.23. The molecule has 0 saturated carbocycles. The molecule has 0 aliphatic carbocycles. The lowest BCUT2D eigenvalue weighted by atomic mass is 9.89. The number of hydrogen-bond donors (Lipinski definition) is 2. The van der Waals surface area contributed by atoms with E-state index in [4.69, 9.17) is 4.74 Å². The van der Waals surface area contributed by atoms with Gasteiger partial charge in [-0.05, 0) is 61.4 Å². The predicted molar refractivity (Wildman–Crippen MR) is 110 cm³/mol. The first-order chi connectivity index (χ1) is 14.0. The van der Waals surface area contributed by atoms with Crippen molar-refractivity contribution in [3.05, 3.63) is 54.1 Å². The number of urea groups is 1. The van der Waals surface area contributed by atoms with Crippen molar-refractivity contribution in [3.8, 4) is 11.5 Å². The van der Waals surface area contributed by atoms with Crippen LogP contribution < -0.4 is 9.64 Å². The van der Waals surface area contributed by atoms with Crippen LogP contribution in [0.2, 0.25) is 0 Å². The maximum absolute atomic E-state index is 13.0. The minimum Gasteiger partial charge on any atom is -0.508 e. The number of aliphatic hydroxyl groups excluding tert-OH is 1. The number of carbonyl (C=O) groups excluding carboxylic acids is 2. The van der Waals surface area contributed by atoms with Crippen LogP contribution in [0.1, 0.15) is 23.2 Å². The van der Waals surface area contributed by atoms with E-state index in [9.17, 15) is 19.8 Å². The molecule has 29 heavy (non-hydrogen) atoms. The van der Waals surface area contributed by atoms with Crippen molar-refractivity contribution in [1.82, 2.24) is 4.90 Å². The fraction of sp³-hybridized carbons (Fsp3) is 0.364. The molecule has 1 aliphatic rings. The van der Waals surface area contributed by atoms with Gasteiger partial charge >= 0.3 is 6.03 Å². The van der Waals surface area contributed by atoms with Gasteiger partial charge in [-0.1, -0.05) is 0 Å². The first kappa shape index (κ1) is 20.7. The van der Waals surface area contributed by atoms with E-state index in [0.29, 0.717) is 42.9 Å². The second-order valence-electron chi connectivity index (χ2n) is 7.03. The Bertz CT molecular complexity index is 827. The Kier molecular flexibility index (Phi) is 6.72. The number of piperidine rings is 1. The molecule has 154 valence electrons. The number of ether oxygens (including phenoxy) is 1. The fourth-order valence-electron chi connectivity index (χ4n) is 3.56. The predicted octanol–water partition coefficient (Wildman–Crippen LogP) is 2.91. The van der Waals surface area contributed by atoms with Gasteiger partial charge in [0.1, 0.15) is 11.5 Å². The van der Waals surface area contributed by atoms with Crippen molar-refractivity contribution in [3.63, 3.8) is 0 Å². The minimum atomic E-state index is -0.181. The van der Waals surface area contributed by atoms with E-state index in [2.05, 4.69) is 0 Å². The number of Topliss-reactive ketones (excluding diaryl/α,β-unsaturated/α-hetero) is 1. The number of aromatic hydroxyl groups is 1. The molecule has 2 N–H and O–H groups in total. The van der Waals surface area contributed by atoms with Crippen LogP contribution in [0.3, 0.4) is 0 Å². The number of anilines is 1. The highest BCUT2D eigenvalue weighted by molar-refractivity contribution is 5.98. The van der Waals surface area contributed by atoms with E-state index in [0.717, 1.165) is 0 Å². The summed E-state index contributed by atoms with van der Waals surface area (Å²) in [4.78, 5) is 29.0. The summed E-state index contributed by atoms with van der Waals surface area (Å²) in [5, 5.41) is 18.8. The smallest absolute Gasteiger partial charge is 0.324 e. The number of hydrogen-bond acceptors (Lipinski definition) is 5. The zero-order valence-corrected chi connectivity index (χ0v) is 16.5. The molecule has 3 rings (SSSR count). The van der Waals surface area contributed by atoms with Crippen LogP contribution in [0.15, 0.2) is 48.5 Å². The molecule has 1 saturated heterocycles. The van der Waals surface area contributed by atoms with Gasteiger partial charge in [-0.15, -0.1) is 0 Å². The van der Waals surface area contributed by atoms with Crippen molar-refractivity contribution in [2.24, 2.45) is 5.92 Å². The molecule has 1 aliphatic heterocycles. The summed E-state index contributed by atoms with van der Waals surface area (Å²) in [7, 11) is 1.58. The molecule has 0 bridgehead atoms. The molecule has 7 nitrogen and oxygen atoms in total. The first-order valence-corrected chi connectivity index (χ1v) is 9.68. The normalized spacial score (nSPS) is 14.5. The van der Waals surface area contributed by atoms with Crippen LogP contribution in [-0.4, -0.2) is 60.3 Å². The van der Waals surface area contributed by atoms with Crippen LogP contribution in [0, 0.1) is 5.92 Å². The van der Waals surface area contributed by atoms with Gasteiger partial charge in [-0.2, -0.15) is 0 Å². The molecular weight excluding hydrogens is 372 g/mol. The Morgan fingerprint density at radius 1 is 1.07 bits per heavy atom. The lowest BCUT2D eigenvalue weighted by Gasteiger charge is -2.35. The zero-order valence-electron chi connectivity index (χ0n) is 16.5. The molecule has 2 aromatic carbocycles. The molecule has 0 spiro atoms. The summed E-state index contributed by atoms with van der Waals surface area (Å²) in [5.74, 6) is 0.721. The maximum Gasteiger partial charge on any atom is 0.324 e. The van der Waals surface area contributed by atoms with Crippen LogP contribution in [0.25, 0.3) is 0 Å². The number of rotatable bonds is 6. The lowest BCUT2D eigenvalue weighted by molar-refractivity contribution is 0.0857. The summed E-state index contributed by atoms with van der Waals surface area (Å²) in [6.45, 7) is 1.00.